The minimum atomic E-state index is 0.380. The number of methoxy groups -OCH3 is 1. The van der Waals surface area contributed by atoms with Gasteiger partial charge in [-0.3, -0.25) is 5.01 Å². The molecule has 10 radical (unpaired) electrons. The molecular formula is C19H24N2OS2. The Bertz CT molecular complexity index is 408. The molecule has 1 aliphatic heterocycles. The lowest BCUT2D eigenvalue weighted by molar-refractivity contribution is 0.118. The lowest BCUT2D eigenvalue weighted by Gasteiger charge is -2.29. The smallest absolute Gasteiger partial charge is 0.0704 e. The molecule has 0 aromatic carbocycles. The van der Waals surface area contributed by atoms with Crippen LogP contribution >= 0.6 is 23.5 Å². The van der Waals surface area contributed by atoms with Crippen LogP contribution in [0.4, 0.5) is 0 Å². The van der Waals surface area contributed by atoms with E-state index in [0.29, 0.717) is 6.04 Å². The van der Waals surface area contributed by atoms with Gasteiger partial charge in [0.2, 0.25) is 0 Å². The van der Waals surface area contributed by atoms with Crippen molar-refractivity contribution in [2.24, 2.45) is 5.10 Å². The van der Waals surface area contributed by atoms with Crippen molar-refractivity contribution in [1.29, 1.82) is 0 Å². The third kappa shape index (κ3) is 4.09. The molecule has 0 spiro atoms. The summed E-state index contributed by atoms with van der Waals surface area (Å²) in [6, 6.07) is 0.380. The first-order valence-corrected chi connectivity index (χ1v) is 10.7. The van der Waals surface area contributed by atoms with E-state index in [9.17, 15) is 0 Å². The second-order valence-corrected chi connectivity index (χ2v) is 7.57. The van der Waals surface area contributed by atoms with Crippen molar-refractivity contribution in [1.82, 2.24) is 5.01 Å². The Hall–Kier alpha value is 0.130. The van der Waals surface area contributed by atoms with Crippen LogP contribution in [-0.4, -0.2) is 49.5 Å². The Kier molecular flexibility index (Phi) is 7.23. The molecule has 0 aromatic heterocycles. The van der Waals surface area contributed by atoms with E-state index in [2.05, 4.69) is 56.0 Å². The quantitative estimate of drug-likeness (QED) is 0.647. The Morgan fingerprint density at radius 3 is 2.29 bits per heavy atom. The van der Waals surface area contributed by atoms with E-state index in [1.165, 1.54) is 28.8 Å². The van der Waals surface area contributed by atoms with E-state index in [-0.39, 0.29) is 0 Å². The molecule has 0 unspecified atom stereocenters. The first-order chi connectivity index (χ1) is 11.8. The normalized spacial score (nSPS) is 27.5. The minimum Gasteiger partial charge on any atom is -0.382 e. The van der Waals surface area contributed by atoms with Gasteiger partial charge in [0.15, 0.2) is 0 Å². The maximum Gasteiger partial charge on any atom is 0.0704 e. The van der Waals surface area contributed by atoms with Crippen molar-refractivity contribution in [2.75, 3.05) is 32.8 Å². The number of hydrogen-bond donors (Lipinski definition) is 0. The van der Waals surface area contributed by atoms with Crippen molar-refractivity contribution in [3.8, 4) is 0 Å². The molecule has 2 saturated carbocycles. The topological polar surface area (TPSA) is 24.8 Å². The van der Waals surface area contributed by atoms with E-state index in [0.717, 1.165) is 25.3 Å². The molecule has 0 aromatic rings. The van der Waals surface area contributed by atoms with Gasteiger partial charge in [0.05, 0.1) is 18.4 Å². The van der Waals surface area contributed by atoms with E-state index < -0.39 is 0 Å². The molecule has 0 N–H and O–H groups in total. The fourth-order valence-corrected chi connectivity index (χ4v) is 4.45. The maximum absolute atomic E-state index is 5.39. The number of rotatable bonds is 7. The number of thioether (sulfide) groups is 2. The Morgan fingerprint density at radius 2 is 1.75 bits per heavy atom. The standard InChI is InChI=1S/C19H24N2OS2/c1-22-13-14-7-6-12-21(14)20-19(15-8-4-10-17(15)23-2)16-9-5-11-18(16)24-3/h4-5,8-11,14H,6-7,12-13H2,1-3H3/t14-/m0/s1. The monoisotopic (exact) mass is 360 g/mol. The summed E-state index contributed by atoms with van der Waals surface area (Å²) in [4.78, 5) is 0. The molecule has 3 nitrogen and oxygen atoms in total. The Labute approximate surface area is 156 Å². The molecule has 5 heteroatoms. The summed E-state index contributed by atoms with van der Waals surface area (Å²) in [6.07, 6.45) is 19.5. The van der Waals surface area contributed by atoms with Crippen molar-refractivity contribution in [3.63, 3.8) is 0 Å². The zero-order valence-corrected chi connectivity index (χ0v) is 16.1. The highest BCUT2D eigenvalue weighted by Gasteiger charge is 2.42. The van der Waals surface area contributed by atoms with Crippen molar-refractivity contribution >= 4 is 29.2 Å². The number of hydrazone groups is 1. The molecule has 1 atom stereocenters. The highest BCUT2D eigenvalue weighted by atomic mass is 32.2. The SMILES string of the molecule is COC[C@@H]1CCCN1N=C([C]1[CH][CH][CH][C]1SC)[C]1[CH][CH][CH][C]1SC. The van der Waals surface area contributed by atoms with Gasteiger partial charge in [-0.05, 0) is 63.9 Å². The predicted octanol–water partition coefficient (Wildman–Crippen LogP) is 3.65. The summed E-state index contributed by atoms with van der Waals surface area (Å²) >= 11 is 3.56. The molecule has 3 fully saturated rings. The third-order valence-electron chi connectivity index (χ3n) is 4.44. The van der Waals surface area contributed by atoms with Gasteiger partial charge in [0, 0.05) is 36.0 Å². The van der Waals surface area contributed by atoms with Gasteiger partial charge < -0.3 is 4.74 Å². The van der Waals surface area contributed by atoms with Crippen LogP contribution in [0.1, 0.15) is 12.8 Å². The van der Waals surface area contributed by atoms with Crippen LogP contribution in [0.15, 0.2) is 5.10 Å². The van der Waals surface area contributed by atoms with E-state index in [1.807, 2.05) is 0 Å². The summed E-state index contributed by atoms with van der Waals surface area (Å²) in [5.74, 6) is 2.46. The van der Waals surface area contributed by atoms with E-state index in [4.69, 9.17) is 9.84 Å². The van der Waals surface area contributed by atoms with Gasteiger partial charge in [-0.15, -0.1) is 0 Å². The van der Waals surface area contributed by atoms with Crippen molar-refractivity contribution in [2.45, 2.75) is 18.9 Å². The molecule has 0 amide bonds. The maximum atomic E-state index is 5.39. The molecule has 1 heterocycles. The van der Waals surface area contributed by atoms with Crippen molar-refractivity contribution < 1.29 is 4.74 Å². The molecule has 0 bridgehead atoms. The van der Waals surface area contributed by atoms with Crippen LogP contribution in [0.25, 0.3) is 0 Å². The average molecular weight is 361 g/mol. The molecular weight excluding hydrogens is 336 g/mol. The van der Waals surface area contributed by atoms with Crippen LogP contribution in [0.3, 0.4) is 0 Å². The fourth-order valence-electron chi connectivity index (χ4n) is 3.25. The summed E-state index contributed by atoms with van der Waals surface area (Å²) in [6.45, 7) is 1.74. The summed E-state index contributed by atoms with van der Waals surface area (Å²) in [5.41, 5.74) is 1.08. The zero-order valence-electron chi connectivity index (χ0n) is 14.5. The summed E-state index contributed by atoms with van der Waals surface area (Å²) < 4.78 is 5.39. The number of ether oxygens (including phenoxy) is 1. The lowest BCUT2D eigenvalue weighted by Crippen LogP contribution is -2.33. The van der Waals surface area contributed by atoms with Gasteiger partial charge in [-0.1, -0.05) is 0 Å². The van der Waals surface area contributed by atoms with Gasteiger partial charge >= 0.3 is 0 Å². The lowest BCUT2D eigenvalue weighted by atomic mass is 9.89. The predicted molar refractivity (Wildman–Crippen MR) is 105 cm³/mol. The minimum absolute atomic E-state index is 0.380. The fraction of sp³-hybridized carbons (Fsp3) is 0.421. The van der Waals surface area contributed by atoms with Crippen LogP contribution in [0.2, 0.25) is 0 Å². The number of hydrogen-bond acceptors (Lipinski definition) is 5. The van der Waals surface area contributed by atoms with Crippen LogP contribution in [-0.2, 0) is 4.74 Å². The van der Waals surface area contributed by atoms with Gasteiger partial charge in [-0.25, -0.2) is 0 Å². The number of nitrogens with zero attached hydrogens (tertiary/aromatic N) is 2. The average Bonchev–Trinajstić information content (AvgIpc) is 3.33. The van der Waals surface area contributed by atoms with Crippen LogP contribution in [0, 0.1) is 60.9 Å². The van der Waals surface area contributed by atoms with Crippen LogP contribution < -0.4 is 0 Å². The second-order valence-electron chi connectivity index (χ2n) is 5.88. The highest BCUT2D eigenvalue weighted by Crippen LogP contribution is 2.49. The Morgan fingerprint density at radius 1 is 1.12 bits per heavy atom. The molecule has 24 heavy (non-hydrogen) atoms. The Balaban J connectivity index is 1.85. The first kappa shape index (κ1) is 18.9. The summed E-state index contributed by atoms with van der Waals surface area (Å²) in [5, 5.41) is 9.91. The third-order valence-corrected chi connectivity index (χ3v) is 6.03. The molecule has 2 aliphatic carbocycles. The zero-order chi connectivity index (χ0) is 16.9. The molecule has 128 valence electrons. The van der Waals surface area contributed by atoms with Gasteiger partial charge in [0.1, 0.15) is 0 Å². The van der Waals surface area contributed by atoms with E-state index >= 15 is 0 Å². The highest BCUT2D eigenvalue weighted by molar-refractivity contribution is 8.02. The molecule has 1 saturated heterocycles. The molecule has 3 rings (SSSR count). The van der Waals surface area contributed by atoms with Crippen molar-refractivity contribution in [3.05, 3.63) is 60.9 Å². The summed E-state index contributed by atoms with van der Waals surface area (Å²) in [7, 11) is 1.77. The van der Waals surface area contributed by atoms with Gasteiger partial charge in [-0.2, -0.15) is 28.6 Å². The largest absolute Gasteiger partial charge is 0.382 e. The van der Waals surface area contributed by atoms with Gasteiger partial charge in [0.25, 0.3) is 0 Å². The second kappa shape index (κ2) is 9.18. The van der Waals surface area contributed by atoms with E-state index in [1.54, 1.807) is 30.6 Å². The van der Waals surface area contributed by atoms with Crippen LogP contribution in [0.5, 0.6) is 0 Å². The molecule has 3 aliphatic rings. The first-order valence-electron chi connectivity index (χ1n) is 8.22.